The molecular formula is C11H17NOSi. The minimum Gasteiger partial charge on any atom is -0.378 e. The van der Waals surface area contributed by atoms with Crippen LogP contribution in [0.3, 0.4) is 0 Å². The molecule has 0 aromatic heterocycles. The first-order valence-corrected chi connectivity index (χ1v) is 7.44. The van der Waals surface area contributed by atoms with Gasteiger partial charge in [-0.3, -0.25) is 0 Å². The van der Waals surface area contributed by atoms with Gasteiger partial charge in [-0.15, -0.1) is 0 Å². The molecule has 76 valence electrons. The number of anilines is 1. The van der Waals surface area contributed by atoms with Gasteiger partial charge in [-0.2, -0.15) is 0 Å². The summed E-state index contributed by atoms with van der Waals surface area (Å²) in [6.45, 7) is 6.12. The Balaban J connectivity index is 2.07. The molecule has 1 aromatic rings. The van der Waals surface area contributed by atoms with Crippen molar-refractivity contribution in [1.82, 2.24) is 0 Å². The van der Waals surface area contributed by atoms with Gasteiger partial charge in [-0.05, 0) is 12.1 Å². The largest absolute Gasteiger partial charge is 0.378 e. The molecule has 0 N–H and O–H groups in total. The first-order valence-electron chi connectivity index (χ1n) is 5.32. The Morgan fingerprint density at radius 3 is 2.36 bits per heavy atom. The molecule has 3 heteroatoms. The second kappa shape index (κ2) is 4.62. The topological polar surface area (TPSA) is 12.5 Å². The number of hydrogen-bond donors (Lipinski definition) is 0. The second-order valence-corrected chi connectivity index (χ2v) is 5.14. The van der Waals surface area contributed by atoms with E-state index in [0.29, 0.717) is 0 Å². The van der Waals surface area contributed by atoms with Gasteiger partial charge in [0.2, 0.25) is 0 Å². The van der Waals surface area contributed by atoms with Crippen molar-refractivity contribution in [3.8, 4) is 0 Å². The second-order valence-electron chi connectivity index (χ2n) is 3.62. The lowest BCUT2D eigenvalue weighted by atomic mass is 10.2. The Morgan fingerprint density at radius 2 is 1.79 bits per heavy atom. The first-order chi connectivity index (χ1) is 6.90. The summed E-state index contributed by atoms with van der Waals surface area (Å²) < 4.78 is 5.33. The van der Waals surface area contributed by atoms with E-state index in [1.807, 2.05) is 0 Å². The van der Waals surface area contributed by atoms with Crippen LogP contribution in [0.25, 0.3) is 0 Å². The van der Waals surface area contributed by atoms with E-state index in [0.717, 1.165) is 26.3 Å². The molecule has 1 saturated heterocycles. The molecule has 2 nitrogen and oxygen atoms in total. The van der Waals surface area contributed by atoms with Crippen molar-refractivity contribution in [2.24, 2.45) is 0 Å². The molecule has 14 heavy (non-hydrogen) atoms. The lowest BCUT2D eigenvalue weighted by molar-refractivity contribution is 0.122. The number of morpholine rings is 1. The number of nitrogens with zero attached hydrogens (tertiary/aromatic N) is 1. The zero-order chi connectivity index (χ0) is 9.80. The minimum absolute atomic E-state index is 0.00369. The van der Waals surface area contributed by atoms with E-state index in [2.05, 4.69) is 35.7 Å². The Labute approximate surface area is 87.7 Å². The smallest absolute Gasteiger partial charge is 0.0642 e. The quantitative estimate of drug-likeness (QED) is 0.650. The van der Waals surface area contributed by atoms with Crippen LogP contribution in [0, 0.1) is 0 Å². The molecular weight excluding hydrogens is 190 g/mol. The molecule has 0 radical (unpaired) electrons. The Kier molecular flexibility index (Phi) is 3.21. The third kappa shape index (κ3) is 2.16. The average Bonchev–Trinajstić information content (AvgIpc) is 2.30. The summed E-state index contributed by atoms with van der Waals surface area (Å²) in [5.74, 6) is 0. The minimum atomic E-state index is 0.00369. The maximum atomic E-state index is 5.33. The van der Waals surface area contributed by atoms with Crippen molar-refractivity contribution < 1.29 is 4.74 Å². The third-order valence-electron chi connectivity index (χ3n) is 2.72. The first kappa shape index (κ1) is 9.74. The molecule has 1 heterocycles. The summed E-state index contributed by atoms with van der Waals surface area (Å²) in [6, 6.07) is 9.04. The van der Waals surface area contributed by atoms with E-state index in [1.165, 1.54) is 5.69 Å². The van der Waals surface area contributed by atoms with Crippen molar-refractivity contribution in [3.63, 3.8) is 0 Å². The van der Waals surface area contributed by atoms with E-state index >= 15 is 0 Å². The summed E-state index contributed by atoms with van der Waals surface area (Å²) in [5.41, 5.74) is 1.35. The van der Waals surface area contributed by atoms with Crippen LogP contribution in [-0.2, 0) is 4.74 Å². The SMILES string of the molecule is C[SiH2]c1ccc(N2CCOCC2)cc1. The van der Waals surface area contributed by atoms with Crippen molar-refractivity contribution >= 4 is 20.4 Å². The average molecular weight is 207 g/mol. The Hall–Kier alpha value is -0.803. The predicted octanol–water partition coefficient (Wildman–Crippen LogP) is 0.365. The molecule has 0 unspecified atom stereocenters. The molecule has 1 fully saturated rings. The highest BCUT2D eigenvalue weighted by Crippen LogP contribution is 2.13. The van der Waals surface area contributed by atoms with Crippen LogP contribution >= 0.6 is 0 Å². The van der Waals surface area contributed by atoms with Crippen molar-refractivity contribution in [1.29, 1.82) is 0 Å². The summed E-state index contributed by atoms with van der Waals surface area (Å²) in [4.78, 5) is 2.39. The van der Waals surface area contributed by atoms with Crippen molar-refractivity contribution in [3.05, 3.63) is 24.3 Å². The summed E-state index contributed by atoms with van der Waals surface area (Å²) in [7, 11) is 0.00369. The lowest BCUT2D eigenvalue weighted by Crippen LogP contribution is -2.36. The number of benzene rings is 1. The fraction of sp³-hybridized carbons (Fsp3) is 0.455. The molecule has 1 aromatic carbocycles. The van der Waals surface area contributed by atoms with Gasteiger partial charge in [0.1, 0.15) is 0 Å². The monoisotopic (exact) mass is 207 g/mol. The van der Waals surface area contributed by atoms with E-state index in [1.54, 1.807) is 5.19 Å². The molecule has 0 atom stereocenters. The molecule has 0 aliphatic carbocycles. The normalized spacial score (nSPS) is 17.9. The van der Waals surface area contributed by atoms with Crippen molar-refractivity contribution in [2.75, 3.05) is 31.2 Å². The standard InChI is InChI=1S/C11H17NOSi/c1-14-11-4-2-10(3-5-11)12-6-8-13-9-7-12/h2-5H,6-9,14H2,1H3. The summed E-state index contributed by atoms with van der Waals surface area (Å²) in [6.07, 6.45) is 0. The van der Waals surface area contributed by atoms with E-state index in [9.17, 15) is 0 Å². The van der Waals surface area contributed by atoms with Gasteiger partial charge in [-0.1, -0.05) is 23.9 Å². The van der Waals surface area contributed by atoms with E-state index in [4.69, 9.17) is 4.74 Å². The van der Waals surface area contributed by atoms with Crippen LogP contribution in [0.5, 0.6) is 0 Å². The number of ether oxygens (including phenoxy) is 1. The van der Waals surface area contributed by atoms with Gasteiger partial charge in [0, 0.05) is 18.8 Å². The fourth-order valence-corrected chi connectivity index (χ4v) is 2.47. The van der Waals surface area contributed by atoms with Crippen molar-refractivity contribution in [2.45, 2.75) is 6.55 Å². The summed E-state index contributed by atoms with van der Waals surface area (Å²) >= 11 is 0. The molecule has 0 spiro atoms. The molecule has 1 aliphatic rings. The Bertz CT molecular complexity index is 280. The predicted molar refractivity (Wildman–Crippen MR) is 63.5 cm³/mol. The van der Waals surface area contributed by atoms with Gasteiger partial charge in [-0.25, -0.2) is 0 Å². The zero-order valence-corrected chi connectivity index (χ0v) is 10.1. The van der Waals surface area contributed by atoms with Crippen LogP contribution in [0.1, 0.15) is 0 Å². The zero-order valence-electron chi connectivity index (χ0n) is 8.70. The maximum absolute atomic E-state index is 5.33. The Morgan fingerprint density at radius 1 is 1.14 bits per heavy atom. The molecule has 0 saturated carbocycles. The third-order valence-corrected chi connectivity index (χ3v) is 4.01. The fourth-order valence-electron chi connectivity index (χ4n) is 1.76. The van der Waals surface area contributed by atoms with Crippen LogP contribution in [0.15, 0.2) is 24.3 Å². The molecule has 2 rings (SSSR count). The van der Waals surface area contributed by atoms with Gasteiger partial charge in [0.05, 0.1) is 22.7 Å². The van der Waals surface area contributed by atoms with Crippen LogP contribution < -0.4 is 10.1 Å². The summed E-state index contributed by atoms with van der Waals surface area (Å²) in [5, 5.41) is 1.54. The highest BCUT2D eigenvalue weighted by atomic mass is 28.2. The van der Waals surface area contributed by atoms with Crippen LogP contribution in [0.4, 0.5) is 5.69 Å². The molecule has 0 amide bonds. The number of hydrogen-bond acceptors (Lipinski definition) is 2. The highest BCUT2D eigenvalue weighted by molar-refractivity contribution is 6.51. The molecule has 1 aliphatic heterocycles. The number of rotatable bonds is 2. The van der Waals surface area contributed by atoms with Gasteiger partial charge >= 0.3 is 0 Å². The molecule has 0 bridgehead atoms. The van der Waals surface area contributed by atoms with Crippen LogP contribution in [-0.4, -0.2) is 35.8 Å². The van der Waals surface area contributed by atoms with Crippen LogP contribution in [0.2, 0.25) is 6.55 Å². The highest BCUT2D eigenvalue weighted by Gasteiger charge is 2.10. The maximum Gasteiger partial charge on any atom is 0.0642 e. The van der Waals surface area contributed by atoms with Gasteiger partial charge < -0.3 is 9.64 Å². The van der Waals surface area contributed by atoms with E-state index in [-0.39, 0.29) is 9.52 Å². The van der Waals surface area contributed by atoms with Gasteiger partial charge in [0.25, 0.3) is 0 Å². The van der Waals surface area contributed by atoms with Gasteiger partial charge in [0.15, 0.2) is 0 Å². The lowest BCUT2D eigenvalue weighted by Gasteiger charge is -2.28. The van der Waals surface area contributed by atoms with E-state index < -0.39 is 0 Å².